The molecule has 94 valence electrons. The molecule has 0 heterocycles. The molecule has 0 aromatic carbocycles. The molecule has 1 aliphatic rings. The summed E-state index contributed by atoms with van der Waals surface area (Å²) in [5.41, 5.74) is 0. The summed E-state index contributed by atoms with van der Waals surface area (Å²) < 4.78 is 5.11. The number of unbranched alkanes of at least 4 members (excludes halogenated alkanes) is 1. The Morgan fingerprint density at radius 2 is 2.06 bits per heavy atom. The quantitative estimate of drug-likeness (QED) is 0.679. The van der Waals surface area contributed by atoms with Crippen LogP contribution in [-0.2, 0) is 9.53 Å². The topological polar surface area (TPSA) is 38.3 Å². The Hall–Kier alpha value is -0.570. The lowest BCUT2D eigenvalue weighted by Gasteiger charge is -2.21. The smallest absolute Gasteiger partial charge is 0.323 e. The van der Waals surface area contributed by atoms with Crippen molar-refractivity contribution in [3.8, 4) is 0 Å². The van der Waals surface area contributed by atoms with Gasteiger partial charge >= 0.3 is 5.97 Å². The molecule has 0 aliphatic heterocycles. The van der Waals surface area contributed by atoms with Crippen molar-refractivity contribution in [1.82, 2.24) is 5.32 Å². The molecular formula is C13H25NO2. The number of carbonyl (C=O) groups is 1. The number of esters is 1. The lowest BCUT2D eigenvalue weighted by Crippen LogP contribution is -2.43. The monoisotopic (exact) mass is 227 g/mol. The van der Waals surface area contributed by atoms with Gasteiger partial charge in [-0.3, -0.25) is 4.79 Å². The Labute approximate surface area is 98.9 Å². The molecule has 3 heteroatoms. The van der Waals surface area contributed by atoms with Gasteiger partial charge < -0.3 is 10.1 Å². The molecule has 0 amide bonds. The van der Waals surface area contributed by atoms with Gasteiger partial charge in [0.25, 0.3) is 0 Å². The molecule has 0 aromatic rings. The van der Waals surface area contributed by atoms with Gasteiger partial charge in [-0.2, -0.15) is 0 Å². The van der Waals surface area contributed by atoms with Crippen molar-refractivity contribution >= 4 is 5.97 Å². The van der Waals surface area contributed by atoms with E-state index in [1.807, 2.05) is 6.92 Å². The van der Waals surface area contributed by atoms with E-state index in [2.05, 4.69) is 12.2 Å². The first kappa shape index (κ1) is 13.5. The van der Waals surface area contributed by atoms with E-state index >= 15 is 0 Å². The molecule has 1 rings (SSSR count). The van der Waals surface area contributed by atoms with Crippen LogP contribution in [0.1, 0.15) is 58.8 Å². The minimum Gasteiger partial charge on any atom is -0.465 e. The van der Waals surface area contributed by atoms with Gasteiger partial charge in [-0.1, -0.05) is 32.6 Å². The maximum Gasteiger partial charge on any atom is 0.323 e. The summed E-state index contributed by atoms with van der Waals surface area (Å²) in [4.78, 5) is 11.8. The van der Waals surface area contributed by atoms with E-state index in [-0.39, 0.29) is 12.0 Å². The van der Waals surface area contributed by atoms with Gasteiger partial charge in [0.1, 0.15) is 6.04 Å². The minimum atomic E-state index is -0.0806. The summed E-state index contributed by atoms with van der Waals surface area (Å²) in [5.74, 6) is -0.0668. The van der Waals surface area contributed by atoms with Gasteiger partial charge in [-0.05, 0) is 26.2 Å². The van der Waals surface area contributed by atoms with E-state index < -0.39 is 0 Å². The van der Waals surface area contributed by atoms with Gasteiger partial charge in [0, 0.05) is 6.04 Å². The van der Waals surface area contributed by atoms with Crippen molar-refractivity contribution in [2.45, 2.75) is 70.9 Å². The number of nitrogens with one attached hydrogen (secondary N) is 1. The fourth-order valence-corrected chi connectivity index (χ4v) is 2.30. The minimum absolute atomic E-state index is 0.0668. The van der Waals surface area contributed by atoms with Crippen LogP contribution in [-0.4, -0.2) is 24.7 Å². The van der Waals surface area contributed by atoms with Crippen LogP contribution in [0.3, 0.4) is 0 Å². The highest BCUT2D eigenvalue weighted by atomic mass is 16.5. The summed E-state index contributed by atoms with van der Waals surface area (Å²) in [7, 11) is 0. The molecule has 0 spiro atoms. The van der Waals surface area contributed by atoms with Crippen LogP contribution in [0.4, 0.5) is 0 Å². The zero-order chi connectivity index (χ0) is 11.8. The van der Waals surface area contributed by atoms with Gasteiger partial charge in [-0.15, -0.1) is 0 Å². The Bertz CT molecular complexity index is 200. The van der Waals surface area contributed by atoms with Gasteiger partial charge in [0.05, 0.1) is 6.61 Å². The van der Waals surface area contributed by atoms with Crippen molar-refractivity contribution in [3.05, 3.63) is 0 Å². The van der Waals surface area contributed by atoms with E-state index in [4.69, 9.17) is 4.74 Å². The third kappa shape index (κ3) is 4.52. The molecule has 0 radical (unpaired) electrons. The molecule has 1 fully saturated rings. The molecule has 1 N–H and O–H groups in total. The Balaban J connectivity index is 2.38. The molecular weight excluding hydrogens is 202 g/mol. The van der Waals surface area contributed by atoms with Crippen LogP contribution in [0.25, 0.3) is 0 Å². The number of hydrogen-bond acceptors (Lipinski definition) is 3. The second-order valence-corrected chi connectivity index (χ2v) is 4.59. The first-order valence-electron chi connectivity index (χ1n) is 6.70. The van der Waals surface area contributed by atoms with E-state index in [1.165, 1.54) is 25.7 Å². The fourth-order valence-electron chi connectivity index (χ4n) is 2.30. The van der Waals surface area contributed by atoms with Crippen LogP contribution in [0, 0.1) is 0 Å². The van der Waals surface area contributed by atoms with Crippen molar-refractivity contribution < 1.29 is 9.53 Å². The van der Waals surface area contributed by atoms with Crippen molar-refractivity contribution in [1.29, 1.82) is 0 Å². The first-order chi connectivity index (χ1) is 7.77. The predicted molar refractivity (Wildman–Crippen MR) is 65.3 cm³/mol. The third-order valence-electron chi connectivity index (χ3n) is 3.21. The third-order valence-corrected chi connectivity index (χ3v) is 3.21. The Kier molecular flexibility index (Phi) is 6.46. The Morgan fingerprint density at radius 3 is 2.62 bits per heavy atom. The van der Waals surface area contributed by atoms with Gasteiger partial charge in [0.2, 0.25) is 0 Å². The maximum absolute atomic E-state index is 11.8. The summed E-state index contributed by atoms with van der Waals surface area (Å²) in [6.45, 7) is 4.50. The maximum atomic E-state index is 11.8. The van der Waals surface area contributed by atoms with Crippen LogP contribution < -0.4 is 5.32 Å². The summed E-state index contributed by atoms with van der Waals surface area (Å²) >= 11 is 0. The number of rotatable bonds is 7. The van der Waals surface area contributed by atoms with Crippen molar-refractivity contribution in [2.75, 3.05) is 6.61 Å². The van der Waals surface area contributed by atoms with Crippen molar-refractivity contribution in [2.24, 2.45) is 0 Å². The van der Waals surface area contributed by atoms with E-state index in [1.54, 1.807) is 0 Å². The molecule has 0 saturated heterocycles. The highest BCUT2D eigenvalue weighted by Crippen LogP contribution is 2.19. The normalized spacial score (nSPS) is 18.6. The molecule has 1 aliphatic carbocycles. The largest absolute Gasteiger partial charge is 0.465 e. The highest BCUT2D eigenvalue weighted by molar-refractivity contribution is 5.75. The second kappa shape index (κ2) is 7.66. The number of ether oxygens (including phenoxy) is 1. The van der Waals surface area contributed by atoms with E-state index in [9.17, 15) is 4.79 Å². The van der Waals surface area contributed by atoms with Crippen LogP contribution in [0.2, 0.25) is 0 Å². The standard InChI is InChI=1S/C13H25NO2/c1-3-5-10-12(13(15)16-4-2)14-11-8-6-7-9-11/h11-12,14H,3-10H2,1-2H3. The van der Waals surface area contributed by atoms with Gasteiger partial charge in [0.15, 0.2) is 0 Å². The predicted octanol–water partition coefficient (Wildman–Crippen LogP) is 2.64. The first-order valence-corrected chi connectivity index (χ1v) is 6.70. The summed E-state index contributed by atoms with van der Waals surface area (Å²) in [6.07, 6.45) is 8.13. The van der Waals surface area contributed by atoms with E-state index in [0.717, 1.165) is 19.3 Å². The summed E-state index contributed by atoms with van der Waals surface area (Å²) in [5, 5.41) is 3.46. The molecule has 0 bridgehead atoms. The molecule has 16 heavy (non-hydrogen) atoms. The Morgan fingerprint density at radius 1 is 1.38 bits per heavy atom. The zero-order valence-electron chi connectivity index (χ0n) is 10.6. The van der Waals surface area contributed by atoms with Crippen LogP contribution in [0.15, 0.2) is 0 Å². The average Bonchev–Trinajstić information content (AvgIpc) is 2.77. The van der Waals surface area contributed by atoms with Gasteiger partial charge in [-0.25, -0.2) is 0 Å². The lowest BCUT2D eigenvalue weighted by molar-refractivity contribution is -0.146. The molecule has 1 saturated carbocycles. The molecule has 3 nitrogen and oxygen atoms in total. The van der Waals surface area contributed by atoms with Crippen LogP contribution >= 0.6 is 0 Å². The number of hydrogen-bond donors (Lipinski definition) is 1. The highest BCUT2D eigenvalue weighted by Gasteiger charge is 2.24. The van der Waals surface area contributed by atoms with E-state index in [0.29, 0.717) is 12.6 Å². The fraction of sp³-hybridized carbons (Fsp3) is 0.923. The molecule has 0 aromatic heterocycles. The molecule has 1 atom stereocenters. The second-order valence-electron chi connectivity index (χ2n) is 4.59. The lowest BCUT2D eigenvalue weighted by atomic mass is 10.1. The summed E-state index contributed by atoms with van der Waals surface area (Å²) in [6, 6.07) is 0.453. The molecule has 1 unspecified atom stereocenters. The average molecular weight is 227 g/mol. The number of carbonyl (C=O) groups excluding carboxylic acids is 1. The van der Waals surface area contributed by atoms with Crippen LogP contribution in [0.5, 0.6) is 0 Å². The van der Waals surface area contributed by atoms with Crippen molar-refractivity contribution in [3.63, 3.8) is 0 Å². The SMILES string of the molecule is CCCCC(NC1CCCC1)C(=O)OCC. The zero-order valence-corrected chi connectivity index (χ0v) is 10.6.